The van der Waals surface area contributed by atoms with Crippen molar-refractivity contribution in [1.29, 1.82) is 0 Å². The molecule has 0 N–H and O–H groups in total. The summed E-state index contributed by atoms with van der Waals surface area (Å²) in [5, 5.41) is 0.546. The normalized spacial score (nSPS) is 19.4. The molecule has 1 heterocycles. The first-order valence-corrected chi connectivity index (χ1v) is 10.5. The maximum Gasteiger partial charge on any atom is 0.310 e. The molecule has 154 valence electrons. The Hall–Kier alpha value is -1.17. The molecule has 4 nitrogen and oxygen atoms in total. The van der Waals surface area contributed by atoms with E-state index in [1.165, 1.54) is 6.07 Å². The summed E-state index contributed by atoms with van der Waals surface area (Å²) in [4.78, 5) is 16.5. The highest BCUT2D eigenvalue weighted by Gasteiger charge is 2.61. The van der Waals surface area contributed by atoms with E-state index in [9.17, 15) is 4.79 Å². The number of nitrogens with zero attached hydrogens (tertiary/aromatic N) is 1. The Balaban J connectivity index is 1.64. The highest BCUT2D eigenvalue weighted by molar-refractivity contribution is 6.55. The minimum Gasteiger partial charge on any atom is -0.461 e. The summed E-state index contributed by atoms with van der Waals surface area (Å²) in [6.07, 6.45) is 1.68. The summed E-state index contributed by atoms with van der Waals surface area (Å²) < 4.78 is 11.3. The second kappa shape index (κ2) is 8.91. The lowest BCUT2D eigenvalue weighted by molar-refractivity contribution is -0.147. The molecule has 9 heteroatoms. The zero-order valence-electron chi connectivity index (χ0n) is 15.4. The van der Waals surface area contributed by atoms with Crippen molar-refractivity contribution in [2.45, 2.75) is 20.5 Å². The fourth-order valence-electron chi connectivity index (χ4n) is 3.13. The molecular formula is C20H16Cl5NO3. The maximum absolute atomic E-state index is 12.5. The van der Waals surface area contributed by atoms with E-state index in [2.05, 4.69) is 4.98 Å². The number of benzene rings is 1. The van der Waals surface area contributed by atoms with Gasteiger partial charge in [0.25, 0.3) is 0 Å². The lowest BCUT2D eigenvalue weighted by Gasteiger charge is -2.10. The minimum absolute atomic E-state index is 0.0439. The molecular weight excluding hydrogens is 479 g/mol. The third kappa shape index (κ3) is 5.31. The van der Waals surface area contributed by atoms with Gasteiger partial charge in [-0.3, -0.25) is 4.79 Å². The summed E-state index contributed by atoms with van der Waals surface area (Å²) in [5.74, 6) is -0.0344. The van der Waals surface area contributed by atoms with Crippen molar-refractivity contribution in [3.05, 3.63) is 61.7 Å². The van der Waals surface area contributed by atoms with Gasteiger partial charge in [-0.05, 0) is 41.2 Å². The average molecular weight is 496 g/mol. The van der Waals surface area contributed by atoms with Crippen LogP contribution in [0.5, 0.6) is 11.6 Å². The molecule has 1 fully saturated rings. The molecule has 2 atom stereocenters. The third-order valence-electron chi connectivity index (χ3n) is 4.82. The van der Waals surface area contributed by atoms with Crippen LogP contribution in [0.1, 0.15) is 19.4 Å². The minimum atomic E-state index is -0.300. The van der Waals surface area contributed by atoms with Crippen molar-refractivity contribution in [3.8, 4) is 11.6 Å². The van der Waals surface area contributed by atoms with Gasteiger partial charge in [-0.2, -0.15) is 4.98 Å². The number of carbonyl (C=O) groups is 1. The SMILES string of the molecule is CC1(C)C(C=C(Cl)Cl)C1C(=O)OCc1cccc(Oc2nc(Cl)c(Cl)cc2Cl)c1. The van der Waals surface area contributed by atoms with Gasteiger partial charge in [0.2, 0.25) is 5.88 Å². The second-order valence-corrected chi connectivity index (χ2v) is 9.37. The van der Waals surface area contributed by atoms with Gasteiger partial charge in [-0.25, -0.2) is 0 Å². The molecule has 0 bridgehead atoms. The second-order valence-electron chi connectivity index (χ2n) is 7.19. The Morgan fingerprint density at radius 2 is 1.90 bits per heavy atom. The zero-order chi connectivity index (χ0) is 21.3. The fraction of sp³-hybridized carbons (Fsp3) is 0.300. The fourth-order valence-corrected chi connectivity index (χ4v) is 3.93. The predicted octanol–water partition coefficient (Wildman–Crippen LogP) is 7.47. The quantitative estimate of drug-likeness (QED) is 0.308. The lowest BCUT2D eigenvalue weighted by Crippen LogP contribution is -2.10. The number of rotatable bonds is 6. The molecule has 29 heavy (non-hydrogen) atoms. The van der Waals surface area contributed by atoms with Crippen LogP contribution < -0.4 is 4.74 Å². The van der Waals surface area contributed by atoms with Crippen molar-refractivity contribution in [3.63, 3.8) is 0 Å². The van der Waals surface area contributed by atoms with Gasteiger partial charge in [0.1, 0.15) is 21.9 Å². The van der Waals surface area contributed by atoms with Crippen LogP contribution in [0.15, 0.2) is 40.9 Å². The molecule has 0 spiro atoms. The summed E-state index contributed by atoms with van der Waals surface area (Å²) >= 11 is 29.3. The first kappa shape index (κ1) is 22.5. The van der Waals surface area contributed by atoms with Gasteiger partial charge in [0.15, 0.2) is 5.15 Å². The number of hydrogen-bond acceptors (Lipinski definition) is 4. The number of hydrogen-bond donors (Lipinski definition) is 0. The molecule has 1 aromatic heterocycles. The Kier molecular flexibility index (Phi) is 6.91. The van der Waals surface area contributed by atoms with E-state index in [0.717, 1.165) is 5.56 Å². The van der Waals surface area contributed by atoms with E-state index in [-0.39, 0.29) is 55.4 Å². The molecule has 2 aromatic rings. The van der Waals surface area contributed by atoms with E-state index in [0.29, 0.717) is 5.75 Å². The topological polar surface area (TPSA) is 48.4 Å². The maximum atomic E-state index is 12.5. The van der Waals surface area contributed by atoms with E-state index >= 15 is 0 Å². The summed E-state index contributed by atoms with van der Waals surface area (Å²) in [6.45, 7) is 4.04. The van der Waals surface area contributed by atoms with E-state index in [1.54, 1.807) is 24.3 Å². The molecule has 1 aromatic carbocycles. The molecule has 1 aliphatic carbocycles. The standard InChI is InChI=1S/C20H16Cl5NO3/c1-20(2)12(7-15(23)24)16(20)19(27)28-9-10-4-3-5-11(6-10)29-18-14(22)8-13(21)17(25)26-18/h3-8,12,16H,9H2,1-2H3. The van der Waals surface area contributed by atoms with Gasteiger partial charge in [-0.1, -0.05) is 84.0 Å². The molecule has 2 unspecified atom stereocenters. The number of esters is 1. The molecule has 1 saturated carbocycles. The van der Waals surface area contributed by atoms with Gasteiger partial charge in [-0.15, -0.1) is 0 Å². The van der Waals surface area contributed by atoms with Gasteiger partial charge in [0.05, 0.1) is 10.9 Å². The van der Waals surface area contributed by atoms with Gasteiger partial charge < -0.3 is 9.47 Å². The number of pyridine rings is 1. The van der Waals surface area contributed by atoms with Crippen molar-refractivity contribution in [2.24, 2.45) is 17.3 Å². The van der Waals surface area contributed by atoms with Crippen LogP contribution in [0.2, 0.25) is 15.2 Å². The summed E-state index contributed by atoms with van der Waals surface area (Å²) in [6, 6.07) is 8.48. The Labute approximate surface area is 193 Å². The van der Waals surface area contributed by atoms with Crippen LogP contribution in [0.3, 0.4) is 0 Å². The molecule has 0 radical (unpaired) electrons. The Morgan fingerprint density at radius 1 is 1.17 bits per heavy atom. The smallest absolute Gasteiger partial charge is 0.310 e. The van der Waals surface area contributed by atoms with Crippen molar-refractivity contribution in [2.75, 3.05) is 0 Å². The van der Waals surface area contributed by atoms with Crippen LogP contribution in [-0.2, 0) is 16.1 Å². The van der Waals surface area contributed by atoms with Crippen LogP contribution in [-0.4, -0.2) is 11.0 Å². The molecule has 0 amide bonds. The Bertz CT molecular complexity index is 973. The van der Waals surface area contributed by atoms with E-state index in [1.807, 2.05) is 19.9 Å². The largest absolute Gasteiger partial charge is 0.461 e. The predicted molar refractivity (Wildman–Crippen MR) is 116 cm³/mol. The molecule has 1 aliphatic rings. The van der Waals surface area contributed by atoms with Crippen molar-refractivity contribution < 1.29 is 14.3 Å². The van der Waals surface area contributed by atoms with Crippen LogP contribution >= 0.6 is 58.0 Å². The van der Waals surface area contributed by atoms with Gasteiger partial charge >= 0.3 is 5.97 Å². The average Bonchev–Trinajstić information content (AvgIpc) is 3.17. The zero-order valence-corrected chi connectivity index (χ0v) is 19.2. The monoisotopic (exact) mass is 493 g/mol. The summed E-state index contributed by atoms with van der Waals surface area (Å²) in [7, 11) is 0. The first-order valence-electron chi connectivity index (χ1n) is 8.57. The number of ether oxygens (including phenoxy) is 2. The number of halogens is 5. The molecule has 3 rings (SSSR count). The number of aromatic nitrogens is 1. The van der Waals surface area contributed by atoms with E-state index < -0.39 is 0 Å². The van der Waals surface area contributed by atoms with Crippen molar-refractivity contribution >= 4 is 64.0 Å². The Morgan fingerprint density at radius 3 is 2.59 bits per heavy atom. The van der Waals surface area contributed by atoms with Crippen LogP contribution in [0, 0.1) is 17.3 Å². The first-order chi connectivity index (χ1) is 13.6. The highest BCUT2D eigenvalue weighted by Crippen LogP contribution is 2.60. The van der Waals surface area contributed by atoms with Crippen LogP contribution in [0.25, 0.3) is 0 Å². The number of carbonyl (C=O) groups excluding carboxylic acids is 1. The van der Waals surface area contributed by atoms with Crippen LogP contribution in [0.4, 0.5) is 0 Å². The van der Waals surface area contributed by atoms with Crippen molar-refractivity contribution in [1.82, 2.24) is 4.98 Å². The molecule has 0 saturated heterocycles. The highest BCUT2D eigenvalue weighted by atomic mass is 35.5. The number of allylic oxidation sites excluding steroid dienone is 1. The lowest BCUT2D eigenvalue weighted by atomic mass is 10.1. The van der Waals surface area contributed by atoms with Gasteiger partial charge in [0, 0.05) is 0 Å². The third-order valence-corrected chi connectivity index (χ3v) is 6.01. The summed E-state index contributed by atoms with van der Waals surface area (Å²) in [5.41, 5.74) is 0.501. The van der Waals surface area contributed by atoms with E-state index in [4.69, 9.17) is 67.5 Å². The molecule has 0 aliphatic heterocycles.